The summed E-state index contributed by atoms with van der Waals surface area (Å²) in [5, 5.41) is 9.47. The van der Waals surface area contributed by atoms with Gasteiger partial charge in [-0.05, 0) is 25.1 Å². The van der Waals surface area contributed by atoms with Crippen LogP contribution in [0.5, 0.6) is 17.2 Å². The lowest BCUT2D eigenvalue weighted by atomic mass is 10.0. The van der Waals surface area contributed by atoms with E-state index in [9.17, 15) is 14.7 Å². The maximum absolute atomic E-state index is 12.5. The van der Waals surface area contributed by atoms with Crippen LogP contribution in [0, 0.1) is 6.92 Å². The van der Waals surface area contributed by atoms with Gasteiger partial charge in [0.25, 0.3) is 0 Å². The predicted octanol–water partition coefficient (Wildman–Crippen LogP) is 3.95. The quantitative estimate of drug-likeness (QED) is 0.512. The molecule has 0 bridgehead atoms. The summed E-state index contributed by atoms with van der Waals surface area (Å²) in [5.74, 6) is 0.235. The fourth-order valence-corrected chi connectivity index (χ4v) is 4.48. The minimum Gasteiger partial charge on any atom is -0.493 e. The topological polar surface area (TPSA) is 96.2 Å². The van der Waals surface area contributed by atoms with Crippen LogP contribution in [-0.4, -0.2) is 43.1 Å². The molecule has 4 rings (SSSR count). The van der Waals surface area contributed by atoms with Gasteiger partial charge in [0.1, 0.15) is 11.3 Å². The Labute approximate surface area is 188 Å². The standard InChI is InChI=1S/C23H23NO7S/c1-13-5-6-21(32-13)22-24-12-15(23(26)27)17(25)10-16(24)14-9-19(29-3)20(11-18(14)31-22)30-8-4-7-28-2/h5-6,9-12,22H,4,7-8H2,1-3H3,(H,26,27). The molecule has 0 spiro atoms. The van der Waals surface area contributed by atoms with E-state index in [1.54, 1.807) is 35.1 Å². The molecule has 0 fully saturated rings. The van der Waals surface area contributed by atoms with Crippen LogP contribution in [0.25, 0.3) is 11.3 Å². The third-order valence-corrected chi connectivity index (χ3v) is 6.13. The highest BCUT2D eigenvalue weighted by atomic mass is 32.1. The Morgan fingerprint density at radius 1 is 1.19 bits per heavy atom. The molecular formula is C23H23NO7S. The Hall–Kier alpha value is -3.30. The number of carbonyl (C=O) groups is 1. The van der Waals surface area contributed by atoms with Crippen molar-refractivity contribution in [1.29, 1.82) is 0 Å². The lowest BCUT2D eigenvalue weighted by molar-refractivity contribution is 0.0693. The Morgan fingerprint density at radius 3 is 2.66 bits per heavy atom. The molecule has 9 heteroatoms. The largest absolute Gasteiger partial charge is 0.493 e. The zero-order valence-corrected chi connectivity index (χ0v) is 18.7. The summed E-state index contributed by atoms with van der Waals surface area (Å²) in [6.07, 6.45) is 1.43. The lowest BCUT2D eigenvalue weighted by Crippen LogP contribution is -2.27. The molecular weight excluding hydrogens is 434 g/mol. The molecule has 3 aromatic rings. The van der Waals surface area contributed by atoms with E-state index >= 15 is 0 Å². The Kier molecular flexibility index (Phi) is 6.20. The van der Waals surface area contributed by atoms with Crippen LogP contribution in [0.1, 0.15) is 32.8 Å². The average Bonchev–Trinajstić information content (AvgIpc) is 3.21. The second-order valence-electron chi connectivity index (χ2n) is 7.26. The number of methoxy groups -OCH3 is 2. The molecule has 1 unspecified atom stereocenters. The highest BCUT2D eigenvalue weighted by Gasteiger charge is 2.30. The molecule has 1 N–H and O–H groups in total. The highest BCUT2D eigenvalue weighted by molar-refractivity contribution is 7.12. The van der Waals surface area contributed by atoms with Crippen molar-refractivity contribution in [2.45, 2.75) is 19.6 Å². The molecule has 0 radical (unpaired) electrons. The van der Waals surface area contributed by atoms with Crippen molar-refractivity contribution >= 4 is 17.3 Å². The monoisotopic (exact) mass is 457 g/mol. The second kappa shape index (κ2) is 9.05. The number of carboxylic acid groups (broad SMARTS) is 1. The molecule has 8 nitrogen and oxygen atoms in total. The number of aromatic nitrogens is 1. The number of aryl methyl sites for hydroxylation is 1. The van der Waals surface area contributed by atoms with Crippen LogP contribution in [0.15, 0.2) is 41.3 Å². The third-order valence-electron chi connectivity index (χ3n) is 5.10. The van der Waals surface area contributed by atoms with Crippen molar-refractivity contribution in [3.8, 4) is 28.5 Å². The summed E-state index contributed by atoms with van der Waals surface area (Å²) in [4.78, 5) is 26.1. The second-order valence-corrected chi connectivity index (χ2v) is 8.58. The van der Waals surface area contributed by atoms with Gasteiger partial charge in [0.15, 0.2) is 16.9 Å². The van der Waals surface area contributed by atoms with Gasteiger partial charge in [0.05, 0.1) is 24.3 Å². The van der Waals surface area contributed by atoms with E-state index in [-0.39, 0.29) is 5.56 Å². The molecule has 32 heavy (non-hydrogen) atoms. The van der Waals surface area contributed by atoms with Crippen LogP contribution in [0.4, 0.5) is 0 Å². The van der Waals surface area contributed by atoms with Crippen LogP contribution in [0.2, 0.25) is 0 Å². The number of hydrogen-bond acceptors (Lipinski definition) is 7. The SMILES string of the molecule is COCCCOc1cc2c(cc1OC)-c1cc(=O)c(C(=O)O)cn1C(c1ccc(C)s1)O2. The zero-order chi connectivity index (χ0) is 22.8. The van der Waals surface area contributed by atoms with Crippen molar-refractivity contribution in [3.63, 3.8) is 0 Å². The van der Waals surface area contributed by atoms with E-state index in [1.165, 1.54) is 19.4 Å². The maximum Gasteiger partial charge on any atom is 0.341 e. The van der Waals surface area contributed by atoms with Gasteiger partial charge in [-0.3, -0.25) is 4.79 Å². The first-order valence-electron chi connectivity index (χ1n) is 9.99. The van der Waals surface area contributed by atoms with Crippen LogP contribution in [0.3, 0.4) is 0 Å². The molecule has 0 aliphatic carbocycles. The minimum atomic E-state index is -1.28. The van der Waals surface area contributed by atoms with Gasteiger partial charge in [-0.1, -0.05) is 0 Å². The van der Waals surface area contributed by atoms with Crippen molar-refractivity contribution < 1.29 is 28.8 Å². The number of nitrogens with zero attached hydrogens (tertiary/aromatic N) is 1. The Morgan fingerprint density at radius 2 is 2.00 bits per heavy atom. The van der Waals surface area contributed by atoms with Crippen LogP contribution < -0.4 is 19.6 Å². The Balaban J connectivity index is 1.85. The first-order chi connectivity index (χ1) is 15.4. The Bertz CT molecular complexity index is 1210. The first kappa shape index (κ1) is 21.9. The summed E-state index contributed by atoms with van der Waals surface area (Å²) < 4.78 is 24.4. The van der Waals surface area contributed by atoms with E-state index in [0.29, 0.717) is 48.1 Å². The molecule has 0 saturated heterocycles. The number of hydrogen-bond donors (Lipinski definition) is 1. The molecule has 2 aromatic heterocycles. The van der Waals surface area contributed by atoms with E-state index in [1.807, 2.05) is 19.1 Å². The number of fused-ring (bicyclic) bond motifs is 3. The minimum absolute atomic E-state index is 0.316. The van der Waals surface area contributed by atoms with Crippen molar-refractivity contribution in [1.82, 2.24) is 4.57 Å². The van der Waals surface area contributed by atoms with Gasteiger partial charge in [0.2, 0.25) is 6.23 Å². The van der Waals surface area contributed by atoms with Crippen molar-refractivity contribution in [2.75, 3.05) is 27.4 Å². The summed E-state index contributed by atoms with van der Waals surface area (Å²) in [5.41, 5.74) is 0.270. The summed E-state index contributed by atoms with van der Waals surface area (Å²) in [6, 6.07) is 8.72. The molecule has 1 aromatic carbocycles. The third kappa shape index (κ3) is 4.09. The maximum atomic E-state index is 12.5. The normalized spacial score (nSPS) is 14.3. The molecule has 1 aliphatic rings. The number of ether oxygens (including phenoxy) is 4. The van der Waals surface area contributed by atoms with Crippen LogP contribution in [-0.2, 0) is 4.74 Å². The van der Waals surface area contributed by atoms with E-state index < -0.39 is 17.6 Å². The van der Waals surface area contributed by atoms with E-state index in [0.717, 1.165) is 9.75 Å². The predicted molar refractivity (Wildman–Crippen MR) is 119 cm³/mol. The lowest BCUT2D eigenvalue weighted by Gasteiger charge is -2.31. The summed E-state index contributed by atoms with van der Waals surface area (Å²) >= 11 is 1.54. The van der Waals surface area contributed by atoms with Gasteiger partial charge in [-0.15, -0.1) is 11.3 Å². The number of benzene rings is 1. The van der Waals surface area contributed by atoms with Crippen molar-refractivity contribution in [2.24, 2.45) is 0 Å². The highest BCUT2D eigenvalue weighted by Crippen LogP contribution is 2.46. The summed E-state index contributed by atoms with van der Waals surface area (Å²) in [7, 11) is 3.17. The fraction of sp³-hybridized carbons (Fsp3) is 0.304. The smallest absolute Gasteiger partial charge is 0.341 e. The average molecular weight is 458 g/mol. The molecule has 3 heterocycles. The molecule has 168 valence electrons. The number of thiophene rings is 1. The van der Waals surface area contributed by atoms with Crippen molar-refractivity contribution in [3.05, 3.63) is 62.1 Å². The molecule has 1 aliphatic heterocycles. The summed E-state index contributed by atoms with van der Waals surface area (Å²) in [6.45, 7) is 3.00. The number of aromatic carboxylic acids is 1. The van der Waals surface area contributed by atoms with Gasteiger partial charge in [0, 0.05) is 48.9 Å². The number of rotatable bonds is 8. The molecule has 0 saturated carbocycles. The van der Waals surface area contributed by atoms with E-state index in [2.05, 4.69) is 0 Å². The first-order valence-corrected chi connectivity index (χ1v) is 10.8. The van der Waals surface area contributed by atoms with Gasteiger partial charge < -0.3 is 28.6 Å². The zero-order valence-electron chi connectivity index (χ0n) is 17.9. The number of pyridine rings is 1. The van der Waals surface area contributed by atoms with Gasteiger partial charge >= 0.3 is 5.97 Å². The molecule has 1 atom stereocenters. The molecule has 0 amide bonds. The van der Waals surface area contributed by atoms with Gasteiger partial charge in [-0.25, -0.2) is 4.79 Å². The fourth-order valence-electron chi connectivity index (χ4n) is 3.58. The number of carboxylic acids is 1. The van der Waals surface area contributed by atoms with Gasteiger partial charge in [-0.2, -0.15) is 0 Å². The van der Waals surface area contributed by atoms with Crippen LogP contribution >= 0.6 is 11.3 Å². The van der Waals surface area contributed by atoms with E-state index in [4.69, 9.17) is 18.9 Å².